The molecule has 2 aliphatic rings. The van der Waals surface area contributed by atoms with Gasteiger partial charge in [-0.3, -0.25) is 14.4 Å². The third-order valence-electron chi connectivity index (χ3n) is 6.31. The van der Waals surface area contributed by atoms with E-state index in [2.05, 4.69) is 28.8 Å². The molecule has 2 aromatic rings. The first-order chi connectivity index (χ1) is 13.2. The summed E-state index contributed by atoms with van der Waals surface area (Å²) in [5, 5.41) is 4.29. The van der Waals surface area contributed by atoms with Crippen LogP contribution in [0.15, 0.2) is 24.8 Å². The standard InChI is InChI=1S/C20H30N6O/c1-3-10-25-12-6-16-18(22-15-21-16)20(25)7-13-24(14-8-20)19(27)17(4-2)26-11-5-9-23-26/h5,9,11,15,17H,3-4,6-8,10,12-14H2,1-2H3,(H,21,22)/t17-/m1/s1. The lowest BCUT2D eigenvalue weighted by Crippen LogP contribution is -2.57. The number of nitrogens with zero attached hydrogens (tertiary/aromatic N) is 5. The molecule has 0 saturated carbocycles. The Labute approximate surface area is 160 Å². The summed E-state index contributed by atoms with van der Waals surface area (Å²) < 4.78 is 1.79. The lowest BCUT2D eigenvalue weighted by atomic mass is 9.78. The summed E-state index contributed by atoms with van der Waals surface area (Å²) in [5.41, 5.74) is 2.48. The van der Waals surface area contributed by atoms with Gasteiger partial charge in [0.1, 0.15) is 6.04 Å². The molecule has 0 unspecified atom stereocenters. The van der Waals surface area contributed by atoms with Crippen molar-refractivity contribution >= 4 is 5.91 Å². The highest BCUT2D eigenvalue weighted by molar-refractivity contribution is 5.80. The molecule has 1 amide bonds. The average molecular weight is 371 g/mol. The van der Waals surface area contributed by atoms with Crippen LogP contribution in [0.2, 0.25) is 0 Å². The van der Waals surface area contributed by atoms with Gasteiger partial charge in [0.25, 0.3) is 0 Å². The number of likely N-dealkylation sites (tertiary alicyclic amines) is 1. The zero-order chi connectivity index (χ0) is 18.9. The molecule has 2 aliphatic heterocycles. The van der Waals surface area contributed by atoms with Gasteiger partial charge in [0.15, 0.2) is 0 Å². The summed E-state index contributed by atoms with van der Waals surface area (Å²) in [5.74, 6) is 0.191. The zero-order valence-electron chi connectivity index (χ0n) is 16.4. The molecule has 0 aliphatic carbocycles. The largest absolute Gasteiger partial charge is 0.348 e. The van der Waals surface area contributed by atoms with Crippen molar-refractivity contribution in [2.75, 3.05) is 26.2 Å². The highest BCUT2D eigenvalue weighted by Crippen LogP contribution is 2.42. The molecule has 1 saturated heterocycles. The normalized spacial score (nSPS) is 20.6. The smallest absolute Gasteiger partial charge is 0.247 e. The number of aromatic amines is 1. The van der Waals surface area contributed by atoms with Crippen LogP contribution in [0.4, 0.5) is 0 Å². The van der Waals surface area contributed by atoms with Gasteiger partial charge < -0.3 is 9.88 Å². The predicted molar refractivity (Wildman–Crippen MR) is 103 cm³/mol. The molecule has 1 fully saturated rings. The van der Waals surface area contributed by atoms with Gasteiger partial charge in [-0.25, -0.2) is 4.98 Å². The first kappa shape index (κ1) is 18.2. The molecule has 1 atom stereocenters. The van der Waals surface area contributed by atoms with Gasteiger partial charge in [-0.2, -0.15) is 5.10 Å². The quantitative estimate of drug-likeness (QED) is 0.877. The van der Waals surface area contributed by atoms with Crippen molar-refractivity contribution in [2.45, 2.75) is 57.5 Å². The van der Waals surface area contributed by atoms with Crippen LogP contribution in [-0.4, -0.2) is 61.6 Å². The maximum absolute atomic E-state index is 13.1. The molecule has 1 N–H and O–H groups in total. The number of amides is 1. The van der Waals surface area contributed by atoms with Crippen LogP contribution in [0.5, 0.6) is 0 Å². The lowest BCUT2D eigenvalue weighted by Gasteiger charge is -2.50. The van der Waals surface area contributed by atoms with Crippen LogP contribution in [-0.2, 0) is 16.8 Å². The maximum Gasteiger partial charge on any atom is 0.247 e. The fourth-order valence-electron chi connectivity index (χ4n) is 4.92. The summed E-state index contributed by atoms with van der Waals surface area (Å²) in [7, 11) is 0. The van der Waals surface area contributed by atoms with Gasteiger partial charge in [0.05, 0.1) is 17.6 Å². The second-order valence-electron chi connectivity index (χ2n) is 7.73. The number of carbonyl (C=O) groups is 1. The Hall–Kier alpha value is -2.15. The van der Waals surface area contributed by atoms with Crippen molar-refractivity contribution in [3.63, 3.8) is 0 Å². The van der Waals surface area contributed by atoms with Gasteiger partial charge in [0.2, 0.25) is 5.91 Å². The Kier molecular flexibility index (Phi) is 5.04. The second-order valence-corrected chi connectivity index (χ2v) is 7.73. The minimum atomic E-state index is -0.201. The number of piperidine rings is 1. The van der Waals surface area contributed by atoms with E-state index in [0.29, 0.717) is 0 Å². The van der Waals surface area contributed by atoms with Crippen LogP contribution in [0.1, 0.15) is 57.0 Å². The first-order valence-corrected chi connectivity index (χ1v) is 10.2. The Balaban J connectivity index is 1.53. The summed E-state index contributed by atoms with van der Waals surface area (Å²) in [6.07, 6.45) is 10.3. The molecule has 2 aromatic heterocycles. The number of hydrogen-bond acceptors (Lipinski definition) is 4. The molecule has 4 rings (SSSR count). The molecule has 4 heterocycles. The molecule has 7 nitrogen and oxygen atoms in total. The van der Waals surface area contributed by atoms with Gasteiger partial charge in [-0.15, -0.1) is 0 Å². The van der Waals surface area contributed by atoms with Crippen molar-refractivity contribution in [2.24, 2.45) is 0 Å². The monoisotopic (exact) mass is 370 g/mol. The number of aromatic nitrogens is 4. The number of rotatable bonds is 5. The molecule has 146 valence electrons. The maximum atomic E-state index is 13.1. The topological polar surface area (TPSA) is 70.1 Å². The van der Waals surface area contributed by atoms with Gasteiger partial charge in [-0.05, 0) is 38.3 Å². The highest BCUT2D eigenvalue weighted by atomic mass is 16.2. The van der Waals surface area contributed by atoms with Crippen LogP contribution >= 0.6 is 0 Å². The molecule has 0 aromatic carbocycles. The summed E-state index contributed by atoms with van der Waals surface area (Å²) in [4.78, 5) is 25.8. The van der Waals surface area contributed by atoms with Gasteiger partial charge in [-0.1, -0.05) is 13.8 Å². The van der Waals surface area contributed by atoms with Crippen molar-refractivity contribution in [3.8, 4) is 0 Å². The Bertz CT molecular complexity index is 759. The Morgan fingerprint density at radius 2 is 2.11 bits per heavy atom. The van der Waals surface area contributed by atoms with E-state index in [1.807, 2.05) is 23.5 Å². The molecule has 7 heteroatoms. The number of imidazole rings is 1. The van der Waals surface area contributed by atoms with E-state index in [9.17, 15) is 4.79 Å². The van der Waals surface area contributed by atoms with E-state index < -0.39 is 0 Å². The number of hydrogen-bond donors (Lipinski definition) is 1. The molecular weight excluding hydrogens is 340 g/mol. The minimum Gasteiger partial charge on any atom is -0.348 e. The number of fused-ring (bicyclic) bond motifs is 2. The summed E-state index contributed by atoms with van der Waals surface area (Å²) >= 11 is 0. The van der Waals surface area contributed by atoms with Crippen LogP contribution in [0.3, 0.4) is 0 Å². The third-order valence-corrected chi connectivity index (χ3v) is 6.31. The number of H-pyrrole nitrogens is 1. The second kappa shape index (κ2) is 7.46. The first-order valence-electron chi connectivity index (χ1n) is 10.2. The Morgan fingerprint density at radius 3 is 2.78 bits per heavy atom. The molecular formula is C20H30N6O. The van der Waals surface area contributed by atoms with Crippen molar-refractivity contribution in [1.82, 2.24) is 29.5 Å². The number of nitrogens with one attached hydrogen (secondary N) is 1. The lowest BCUT2D eigenvalue weighted by molar-refractivity contribution is -0.138. The zero-order valence-corrected chi connectivity index (χ0v) is 16.4. The molecule has 0 bridgehead atoms. The highest BCUT2D eigenvalue weighted by Gasteiger charge is 2.47. The van der Waals surface area contributed by atoms with Crippen molar-refractivity contribution in [1.29, 1.82) is 0 Å². The Morgan fingerprint density at radius 1 is 1.30 bits per heavy atom. The minimum absolute atomic E-state index is 0.0201. The SMILES string of the molecule is CCCN1CCc2[nH]cnc2C12CCN(C(=O)[C@@H](CC)n1cccn1)CC2. The van der Waals surface area contributed by atoms with Crippen LogP contribution in [0.25, 0.3) is 0 Å². The van der Waals surface area contributed by atoms with Crippen molar-refractivity contribution in [3.05, 3.63) is 36.2 Å². The van der Waals surface area contributed by atoms with E-state index in [1.54, 1.807) is 10.9 Å². The third kappa shape index (κ3) is 3.08. The predicted octanol–water partition coefficient (Wildman–Crippen LogP) is 2.34. The van der Waals surface area contributed by atoms with E-state index >= 15 is 0 Å². The van der Waals surface area contributed by atoms with Crippen LogP contribution in [0, 0.1) is 0 Å². The molecule has 1 spiro atoms. The fraction of sp³-hybridized carbons (Fsp3) is 0.650. The van der Waals surface area contributed by atoms with E-state index in [4.69, 9.17) is 4.98 Å². The summed E-state index contributed by atoms with van der Waals surface area (Å²) in [6, 6.07) is 1.68. The average Bonchev–Trinajstić information content (AvgIpc) is 3.38. The fourth-order valence-corrected chi connectivity index (χ4v) is 4.92. The molecule has 0 radical (unpaired) electrons. The van der Waals surface area contributed by atoms with E-state index in [-0.39, 0.29) is 17.5 Å². The molecule has 27 heavy (non-hydrogen) atoms. The van der Waals surface area contributed by atoms with Gasteiger partial charge >= 0.3 is 0 Å². The van der Waals surface area contributed by atoms with Crippen LogP contribution < -0.4 is 0 Å². The van der Waals surface area contributed by atoms with Crippen molar-refractivity contribution < 1.29 is 4.79 Å². The van der Waals surface area contributed by atoms with E-state index in [1.165, 1.54) is 11.4 Å². The summed E-state index contributed by atoms with van der Waals surface area (Å²) in [6.45, 7) is 8.01. The number of carbonyl (C=O) groups excluding carboxylic acids is 1. The van der Waals surface area contributed by atoms with E-state index in [0.717, 1.165) is 58.3 Å². The van der Waals surface area contributed by atoms with Gasteiger partial charge in [0, 0.05) is 44.1 Å².